The molecule has 0 amide bonds. The Morgan fingerprint density at radius 3 is 1.64 bits per heavy atom. The Morgan fingerprint density at radius 2 is 1.14 bits per heavy atom. The van der Waals surface area contributed by atoms with E-state index >= 15 is 0 Å². The third kappa shape index (κ3) is 0.923. The Bertz CT molecular complexity index is 448. The second-order valence-electron chi connectivity index (χ2n) is 3.65. The van der Waals surface area contributed by atoms with Crippen molar-refractivity contribution >= 4 is 19.3 Å². The molecule has 0 fully saturated rings. The fourth-order valence-electron chi connectivity index (χ4n) is 2.19. The minimum atomic E-state index is -1.34. The maximum atomic E-state index is 6.30. The average molecular weight is 197 g/mol. The molecule has 1 aliphatic heterocycles. The molecule has 1 nitrogen and oxygen atoms in total. The van der Waals surface area contributed by atoms with Crippen LogP contribution in [0.3, 0.4) is 0 Å². The smallest absolute Gasteiger partial charge is 0.171 e. The van der Waals surface area contributed by atoms with Crippen LogP contribution in [0.1, 0.15) is 0 Å². The molecule has 2 aromatic rings. The van der Waals surface area contributed by atoms with Crippen LogP contribution in [0.4, 0.5) is 0 Å². The molecular weight excluding hydrogens is 186 g/mol. The average Bonchev–Trinajstić information content (AvgIpc) is 2.55. The van der Waals surface area contributed by atoms with Crippen molar-refractivity contribution in [1.82, 2.24) is 0 Å². The van der Waals surface area contributed by atoms with E-state index in [0.29, 0.717) is 0 Å². The second-order valence-corrected chi connectivity index (χ2v) is 5.85. The Morgan fingerprint density at radius 1 is 0.714 bits per heavy atom. The summed E-state index contributed by atoms with van der Waals surface area (Å²) in [5.41, 5.74) is 2.70. The topological polar surface area (TPSA) is 26.0 Å². The second kappa shape index (κ2) is 2.80. The van der Waals surface area contributed by atoms with E-state index < -0.39 is 8.96 Å². The molecule has 0 bridgehead atoms. The van der Waals surface area contributed by atoms with Crippen molar-refractivity contribution in [1.29, 1.82) is 0 Å². The predicted octanol–water partition coefficient (Wildman–Crippen LogP) is 0.464. The van der Waals surface area contributed by atoms with E-state index in [9.17, 15) is 0 Å². The summed E-state index contributed by atoms with van der Waals surface area (Å²) < 4.78 is 0. The van der Waals surface area contributed by atoms with Gasteiger partial charge in [0.15, 0.2) is 8.96 Å². The molecule has 14 heavy (non-hydrogen) atoms. The molecular formula is C12H11NSi. The number of hydrogen-bond acceptors (Lipinski definition) is 1. The van der Waals surface area contributed by atoms with Gasteiger partial charge in [-0.05, 0) is 21.5 Å². The Balaban J connectivity index is 2.36. The van der Waals surface area contributed by atoms with Gasteiger partial charge in [0.25, 0.3) is 0 Å². The molecule has 0 saturated heterocycles. The Labute approximate surface area is 84.9 Å². The highest BCUT2D eigenvalue weighted by Gasteiger charge is 2.25. The van der Waals surface area contributed by atoms with Gasteiger partial charge in [0, 0.05) is 0 Å². The standard InChI is InChI=1S/C12H11NSi/c13-14-11-7-3-1-5-9(11)10-6-2-4-8-12(10)14/h1-8,14H,13H2. The molecule has 2 heteroatoms. The van der Waals surface area contributed by atoms with Gasteiger partial charge in [-0.3, -0.25) is 0 Å². The highest BCUT2D eigenvalue weighted by Crippen LogP contribution is 2.20. The maximum Gasteiger partial charge on any atom is 0.171 e. The first-order valence-corrected chi connectivity index (χ1v) is 6.64. The lowest BCUT2D eigenvalue weighted by Gasteiger charge is -2.02. The van der Waals surface area contributed by atoms with Crippen LogP contribution < -0.4 is 15.8 Å². The van der Waals surface area contributed by atoms with Gasteiger partial charge < -0.3 is 5.40 Å². The molecule has 1 aliphatic rings. The number of benzene rings is 2. The normalized spacial score (nSPS) is 13.8. The molecule has 0 atom stereocenters. The molecule has 2 N–H and O–H groups in total. The van der Waals surface area contributed by atoms with Crippen LogP contribution in [0.5, 0.6) is 0 Å². The molecule has 1 heterocycles. The largest absolute Gasteiger partial charge is 0.346 e. The van der Waals surface area contributed by atoms with Crippen molar-refractivity contribution in [2.75, 3.05) is 0 Å². The van der Waals surface area contributed by atoms with E-state index in [0.717, 1.165) is 0 Å². The van der Waals surface area contributed by atoms with Gasteiger partial charge in [0.1, 0.15) is 0 Å². The van der Waals surface area contributed by atoms with Crippen LogP contribution in [-0.2, 0) is 0 Å². The quantitative estimate of drug-likeness (QED) is 0.610. The molecule has 0 saturated carbocycles. The Kier molecular flexibility index (Phi) is 1.60. The highest BCUT2D eigenvalue weighted by atomic mass is 28.3. The van der Waals surface area contributed by atoms with Crippen molar-refractivity contribution in [3.8, 4) is 11.1 Å². The van der Waals surface area contributed by atoms with Crippen molar-refractivity contribution in [3.63, 3.8) is 0 Å². The molecule has 2 aromatic carbocycles. The minimum absolute atomic E-state index is 1.34. The van der Waals surface area contributed by atoms with Crippen LogP contribution in [0.25, 0.3) is 11.1 Å². The molecule has 0 spiro atoms. The molecule has 0 aliphatic carbocycles. The van der Waals surface area contributed by atoms with Crippen molar-refractivity contribution in [2.24, 2.45) is 5.40 Å². The van der Waals surface area contributed by atoms with E-state index in [1.54, 1.807) is 0 Å². The molecule has 3 rings (SSSR count). The lowest BCUT2D eigenvalue weighted by molar-refractivity contribution is 1.71. The molecule has 0 radical (unpaired) electrons. The third-order valence-corrected chi connectivity index (χ3v) is 5.23. The monoisotopic (exact) mass is 197 g/mol. The summed E-state index contributed by atoms with van der Waals surface area (Å²) >= 11 is 0. The zero-order valence-electron chi connectivity index (χ0n) is 7.77. The number of rotatable bonds is 0. The highest BCUT2D eigenvalue weighted by molar-refractivity contribution is 6.87. The predicted molar refractivity (Wildman–Crippen MR) is 62.5 cm³/mol. The van der Waals surface area contributed by atoms with Crippen molar-refractivity contribution in [3.05, 3.63) is 48.5 Å². The van der Waals surface area contributed by atoms with Crippen LogP contribution in [0.2, 0.25) is 0 Å². The van der Waals surface area contributed by atoms with Crippen LogP contribution >= 0.6 is 0 Å². The fraction of sp³-hybridized carbons (Fsp3) is 0. The van der Waals surface area contributed by atoms with E-state index in [2.05, 4.69) is 48.5 Å². The number of fused-ring (bicyclic) bond motifs is 3. The first kappa shape index (κ1) is 7.97. The summed E-state index contributed by atoms with van der Waals surface area (Å²) in [6.07, 6.45) is 0. The van der Waals surface area contributed by atoms with E-state index in [4.69, 9.17) is 5.40 Å². The van der Waals surface area contributed by atoms with Crippen LogP contribution in [0, 0.1) is 0 Å². The minimum Gasteiger partial charge on any atom is -0.346 e. The van der Waals surface area contributed by atoms with Gasteiger partial charge in [0.2, 0.25) is 0 Å². The van der Waals surface area contributed by atoms with Gasteiger partial charge in [-0.1, -0.05) is 48.5 Å². The molecule has 0 unspecified atom stereocenters. The van der Waals surface area contributed by atoms with Crippen LogP contribution in [-0.4, -0.2) is 8.96 Å². The zero-order valence-corrected chi connectivity index (χ0v) is 8.93. The summed E-state index contributed by atoms with van der Waals surface area (Å²) in [5.74, 6) is 0. The van der Waals surface area contributed by atoms with Gasteiger partial charge in [-0.15, -0.1) is 0 Å². The summed E-state index contributed by atoms with van der Waals surface area (Å²) in [4.78, 5) is 0. The molecule has 68 valence electrons. The van der Waals surface area contributed by atoms with Crippen LogP contribution in [0.15, 0.2) is 48.5 Å². The first-order chi connectivity index (χ1) is 6.88. The van der Waals surface area contributed by atoms with Gasteiger partial charge in [0.05, 0.1) is 0 Å². The summed E-state index contributed by atoms with van der Waals surface area (Å²) in [7, 11) is -1.34. The third-order valence-electron chi connectivity index (χ3n) is 2.88. The van der Waals surface area contributed by atoms with Gasteiger partial charge in [-0.25, -0.2) is 0 Å². The zero-order chi connectivity index (χ0) is 9.54. The van der Waals surface area contributed by atoms with Gasteiger partial charge in [-0.2, -0.15) is 0 Å². The fourth-order valence-corrected chi connectivity index (χ4v) is 4.34. The van der Waals surface area contributed by atoms with E-state index in [1.807, 2.05) is 0 Å². The lowest BCUT2D eigenvalue weighted by atomic mass is 10.1. The van der Waals surface area contributed by atoms with Crippen molar-refractivity contribution < 1.29 is 0 Å². The maximum absolute atomic E-state index is 6.30. The first-order valence-electron chi connectivity index (χ1n) is 4.82. The number of nitrogens with two attached hydrogens (primary N) is 1. The summed E-state index contributed by atoms with van der Waals surface area (Å²) in [6, 6.07) is 17.0. The lowest BCUT2D eigenvalue weighted by Crippen LogP contribution is -2.46. The van der Waals surface area contributed by atoms with Gasteiger partial charge >= 0.3 is 0 Å². The van der Waals surface area contributed by atoms with E-state index in [1.165, 1.54) is 21.5 Å². The SMILES string of the molecule is N[SiH]1c2ccccc2-c2ccccc21. The summed E-state index contributed by atoms with van der Waals surface area (Å²) in [5, 5.41) is 9.06. The number of hydrogen-bond donors (Lipinski definition) is 1. The Hall–Kier alpha value is -1.38. The van der Waals surface area contributed by atoms with Crippen molar-refractivity contribution in [2.45, 2.75) is 0 Å². The van der Waals surface area contributed by atoms with E-state index in [-0.39, 0.29) is 0 Å². The molecule has 0 aromatic heterocycles. The summed E-state index contributed by atoms with van der Waals surface area (Å²) in [6.45, 7) is 0.